The molecule has 15 heavy (non-hydrogen) atoms. The minimum Gasteiger partial charge on any atom is -0.508 e. The molecule has 0 unspecified atom stereocenters. The molecule has 1 aliphatic rings. The summed E-state index contributed by atoms with van der Waals surface area (Å²) in [6.45, 7) is 2.84. The van der Waals surface area contributed by atoms with Crippen LogP contribution in [0.3, 0.4) is 0 Å². The molecule has 0 saturated heterocycles. The van der Waals surface area contributed by atoms with Crippen molar-refractivity contribution in [3.63, 3.8) is 0 Å². The maximum absolute atomic E-state index is 9.67. The largest absolute Gasteiger partial charge is 0.508 e. The lowest BCUT2D eigenvalue weighted by Gasteiger charge is -2.12. The topological polar surface area (TPSA) is 32.3 Å². The van der Waals surface area contributed by atoms with Crippen molar-refractivity contribution in [2.45, 2.75) is 45.2 Å². The van der Waals surface area contributed by atoms with E-state index in [9.17, 15) is 5.11 Å². The van der Waals surface area contributed by atoms with Gasteiger partial charge in [0.05, 0.1) is 0 Å². The summed E-state index contributed by atoms with van der Waals surface area (Å²) in [6.07, 6.45) is 5.26. The SMILES string of the molecule is Cc1ccc(O)c(CNC2CCCC2)c1. The highest BCUT2D eigenvalue weighted by Gasteiger charge is 2.14. The number of phenolic OH excluding ortho intramolecular Hbond substituents is 1. The minimum atomic E-state index is 0.408. The molecule has 0 heterocycles. The number of benzene rings is 1. The zero-order chi connectivity index (χ0) is 10.7. The lowest BCUT2D eigenvalue weighted by atomic mass is 10.1. The third-order valence-corrected chi connectivity index (χ3v) is 3.17. The number of aromatic hydroxyl groups is 1. The predicted octanol–water partition coefficient (Wildman–Crippen LogP) is 2.73. The number of phenols is 1. The van der Waals surface area contributed by atoms with Crippen molar-refractivity contribution in [2.24, 2.45) is 0 Å². The molecule has 2 heteroatoms. The van der Waals surface area contributed by atoms with Crippen LogP contribution in [-0.4, -0.2) is 11.1 Å². The fourth-order valence-corrected chi connectivity index (χ4v) is 2.24. The van der Waals surface area contributed by atoms with Gasteiger partial charge in [0.2, 0.25) is 0 Å². The normalized spacial score (nSPS) is 17.1. The Bertz CT molecular complexity index is 329. The summed E-state index contributed by atoms with van der Waals surface area (Å²) in [5.74, 6) is 0.408. The highest BCUT2D eigenvalue weighted by molar-refractivity contribution is 5.35. The second-order valence-corrected chi connectivity index (χ2v) is 4.49. The molecule has 0 radical (unpaired) electrons. The zero-order valence-electron chi connectivity index (χ0n) is 9.29. The van der Waals surface area contributed by atoms with Crippen molar-refractivity contribution >= 4 is 0 Å². The van der Waals surface area contributed by atoms with Gasteiger partial charge in [-0.25, -0.2) is 0 Å². The van der Waals surface area contributed by atoms with E-state index in [-0.39, 0.29) is 0 Å². The number of nitrogens with one attached hydrogen (secondary N) is 1. The van der Waals surface area contributed by atoms with Gasteiger partial charge < -0.3 is 10.4 Å². The van der Waals surface area contributed by atoms with Crippen molar-refractivity contribution in [3.8, 4) is 5.75 Å². The number of rotatable bonds is 3. The van der Waals surface area contributed by atoms with Crippen LogP contribution >= 0.6 is 0 Å². The van der Waals surface area contributed by atoms with Gasteiger partial charge in [0.25, 0.3) is 0 Å². The Morgan fingerprint density at radius 2 is 2.07 bits per heavy atom. The van der Waals surface area contributed by atoms with Crippen LogP contribution in [0.2, 0.25) is 0 Å². The summed E-state index contributed by atoms with van der Waals surface area (Å²) in [4.78, 5) is 0. The van der Waals surface area contributed by atoms with E-state index >= 15 is 0 Å². The van der Waals surface area contributed by atoms with E-state index in [4.69, 9.17) is 0 Å². The third kappa shape index (κ3) is 2.72. The molecule has 0 aromatic heterocycles. The molecule has 1 fully saturated rings. The van der Waals surface area contributed by atoms with Crippen LogP contribution in [-0.2, 0) is 6.54 Å². The Labute approximate surface area is 91.3 Å². The van der Waals surface area contributed by atoms with Crippen molar-refractivity contribution in [1.82, 2.24) is 5.32 Å². The third-order valence-electron chi connectivity index (χ3n) is 3.17. The highest BCUT2D eigenvalue weighted by Crippen LogP contribution is 2.21. The molecule has 2 nitrogen and oxygen atoms in total. The van der Waals surface area contributed by atoms with Gasteiger partial charge in [-0.2, -0.15) is 0 Å². The van der Waals surface area contributed by atoms with Crippen LogP contribution in [0, 0.1) is 6.92 Å². The first-order valence-electron chi connectivity index (χ1n) is 5.77. The molecular formula is C13H19NO. The smallest absolute Gasteiger partial charge is 0.120 e. The van der Waals surface area contributed by atoms with Crippen LogP contribution in [0.4, 0.5) is 0 Å². The van der Waals surface area contributed by atoms with Gasteiger partial charge in [0, 0.05) is 18.2 Å². The molecule has 0 atom stereocenters. The summed E-state index contributed by atoms with van der Waals surface area (Å²) < 4.78 is 0. The fraction of sp³-hybridized carbons (Fsp3) is 0.538. The van der Waals surface area contributed by atoms with Crippen LogP contribution in [0.1, 0.15) is 36.8 Å². The molecule has 1 aromatic carbocycles. The molecule has 2 rings (SSSR count). The lowest BCUT2D eigenvalue weighted by molar-refractivity contribution is 0.456. The van der Waals surface area contributed by atoms with E-state index in [0.29, 0.717) is 11.8 Å². The van der Waals surface area contributed by atoms with E-state index in [1.54, 1.807) is 6.07 Å². The first-order valence-corrected chi connectivity index (χ1v) is 5.77. The van der Waals surface area contributed by atoms with Crippen molar-refractivity contribution in [2.75, 3.05) is 0 Å². The maximum Gasteiger partial charge on any atom is 0.120 e. The summed E-state index contributed by atoms with van der Waals surface area (Å²) >= 11 is 0. The van der Waals surface area contributed by atoms with Crippen LogP contribution < -0.4 is 5.32 Å². The molecule has 0 bridgehead atoms. The molecule has 82 valence electrons. The standard InChI is InChI=1S/C13H19NO/c1-10-6-7-13(15)11(8-10)9-14-12-4-2-3-5-12/h6-8,12,14-15H,2-5,9H2,1H3. The molecule has 0 aliphatic heterocycles. The Morgan fingerprint density at radius 1 is 1.33 bits per heavy atom. The van der Waals surface area contributed by atoms with E-state index in [0.717, 1.165) is 12.1 Å². The average molecular weight is 205 g/mol. The summed E-state index contributed by atoms with van der Waals surface area (Å²) in [7, 11) is 0. The van der Waals surface area contributed by atoms with E-state index in [1.807, 2.05) is 6.07 Å². The van der Waals surface area contributed by atoms with Gasteiger partial charge in [-0.3, -0.25) is 0 Å². The summed E-state index contributed by atoms with van der Waals surface area (Å²) in [5.41, 5.74) is 2.22. The maximum atomic E-state index is 9.67. The van der Waals surface area contributed by atoms with Crippen LogP contribution in [0.25, 0.3) is 0 Å². The van der Waals surface area contributed by atoms with Gasteiger partial charge >= 0.3 is 0 Å². The van der Waals surface area contributed by atoms with E-state index in [2.05, 4.69) is 18.3 Å². The zero-order valence-corrected chi connectivity index (χ0v) is 9.29. The highest BCUT2D eigenvalue weighted by atomic mass is 16.3. The van der Waals surface area contributed by atoms with Gasteiger partial charge in [-0.05, 0) is 25.8 Å². The fourth-order valence-electron chi connectivity index (χ4n) is 2.24. The molecule has 2 N–H and O–H groups in total. The van der Waals surface area contributed by atoms with Crippen molar-refractivity contribution < 1.29 is 5.11 Å². The second-order valence-electron chi connectivity index (χ2n) is 4.49. The van der Waals surface area contributed by atoms with E-state index in [1.165, 1.54) is 31.2 Å². The number of hydrogen-bond donors (Lipinski definition) is 2. The van der Waals surface area contributed by atoms with E-state index < -0.39 is 0 Å². The first-order chi connectivity index (χ1) is 7.25. The second kappa shape index (κ2) is 4.67. The Hall–Kier alpha value is -1.02. The molecule has 1 aliphatic carbocycles. The Kier molecular flexibility index (Phi) is 3.27. The Morgan fingerprint density at radius 3 is 2.80 bits per heavy atom. The molecular weight excluding hydrogens is 186 g/mol. The van der Waals surface area contributed by atoms with Gasteiger partial charge in [-0.15, -0.1) is 0 Å². The first kappa shape index (κ1) is 10.5. The molecule has 1 saturated carbocycles. The molecule has 0 spiro atoms. The quantitative estimate of drug-likeness (QED) is 0.795. The minimum absolute atomic E-state index is 0.408. The van der Waals surface area contributed by atoms with Crippen LogP contribution in [0.15, 0.2) is 18.2 Å². The number of aryl methyl sites for hydroxylation is 1. The average Bonchev–Trinajstić information content (AvgIpc) is 2.72. The number of hydrogen-bond acceptors (Lipinski definition) is 2. The summed E-state index contributed by atoms with van der Waals surface area (Å²) in [5, 5.41) is 13.2. The monoisotopic (exact) mass is 205 g/mol. The van der Waals surface area contributed by atoms with Gasteiger partial charge in [-0.1, -0.05) is 30.5 Å². The molecule has 0 amide bonds. The van der Waals surface area contributed by atoms with Crippen molar-refractivity contribution in [1.29, 1.82) is 0 Å². The van der Waals surface area contributed by atoms with Crippen molar-refractivity contribution in [3.05, 3.63) is 29.3 Å². The van der Waals surface area contributed by atoms with Crippen LogP contribution in [0.5, 0.6) is 5.75 Å². The lowest BCUT2D eigenvalue weighted by Crippen LogP contribution is -2.25. The molecule has 1 aromatic rings. The predicted molar refractivity (Wildman–Crippen MR) is 61.9 cm³/mol. The Balaban J connectivity index is 1.94. The summed E-state index contributed by atoms with van der Waals surface area (Å²) in [6, 6.07) is 6.43. The van der Waals surface area contributed by atoms with Gasteiger partial charge in [0.1, 0.15) is 5.75 Å². The van der Waals surface area contributed by atoms with Gasteiger partial charge in [0.15, 0.2) is 0 Å².